The molecule has 1 aromatic rings. The molecule has 1 rings (SSSR count). The zero-order chi connectivity index (χ0) is 13.5. The number of hydrogen-bond donors (Lipinski definition) is 1. The summed E-state index contributed by atoms with van der Waals surface area (Å²) in [5.41, 5.74) is 1.33. The van der Waals surface area contributed by atoms with E-state index in [2.05, 4.69) is 58.7 Å². The van der Waals surface area contributed by atoms with Gasteiger partial charge in [0.15, 0.2) is 0 Å². The second-order valence-electron chi connectivity index (χ2n) is 5.52. The van der Waals surface area contributed by atoms with E-state index in [-0.39, 0.29) is 0 Å². The fraction of sp³-hybridized carbons (Fsp3) is 0.786. The Morgan fingerprint density at radius 1 is 1.33 bits per heavy atom. The highest BCUT2D eigenvalue weighted by Crippen LogP contribution is 2.19. The van der Waals surface area contributed by atoms with Gasteiger partial charge in [0, 0.05) is 6.54 Å². The molecule has 1 N–H and O–H groups in total. The van der Waals surface area contributed by atoms with Crippen molar-refractivity contribution in [3.63, 3.8) is 0 Å². The lowest BCUT2D eigenvalue weighted by Crippen LogP contribution is -2.26. The van der Waals surface area contributed by atoms with Gasteiger partial charge in [0.2, 0.25) is 0 Å². The number of hydrogen-bond acceptors (Lipinski definition) is 2. The van der Waals surface area contributed by atoms with Crippen LogP contribution in [0.2, 0.25) is 0 Å². The van der Waals surface area contributed by atoms with Gasteiger partial charge < -0.3 is 5.32 Å². The summed E-state index contributed by atoms with van der Waals surface area (Å²) in [6.07, 6.45) is 4.12. The molecule has 0 fully saturated rings. The highest BCUT2D eigenvalue weighted by atomic mass is 79.9. The Hall–Kier alpha value is -0.350. The fourth-order valence-corrected chi connectivity index (χ4v) is 2.47. The molecule has 0 bridgehead atoms. The van der Waals surface area contributed by atoms with Gasteiger partial charge in [-0.3, -0.25) is 4.68 Å². The van der Waals surface area contributed by atoms with Crippen LogP contribution in [0.25, 0.3) is 0 Å². The molecule has 0 saturated carbocycles. The molecule has 0 aliphatic heterocycles. The third-order valence-corrected chi connectivity index (χ3v) is 3.58. The van der Waals surface area contributed by atoms with Gasteiger partial charge in [0.1, 0.15) is 0 Å². The smallest absolute Gasteiger partial charge is 0.0635 e. The molecule has 18 heavy (non-hydrogen) atoms. The summed E-state index contributed by atoms with van der Waals surface area (Å²) in [6.45, 7) is 12.1. The van der Waals surface area contributed by atoms with Crippen LogP contribution in [-0.4, -0.2) is 22.9 Å². The fourth-order valence-electron chi connectivity index (χ4n) is 2.02. The first-order chi connectivity index (χ1) is 8.54. The monoisotopic (exact) mass is 315 g/mol. The van der Waals surface area contributed by atoms with E-state index in [1.54, 1.807) is 0 Å². The van der Waals surface area contributed by atoms with E-state index in [0.29, 0.717) is 5.92 Å². The van der Waals surface area contributed by atoms with Gasteiger partial charge in [0.25, 0.3) is 0 Å². The molecule has 4 heteroatoms. The molecule has 1 unspecified atom stereocenters. The predicted octanol–water partition coefficient (Wildman–Crippen LogP) is 3.48. The summed E-state index contributed by atoms with van der Waals surface area (Å²) in [6, 6.07) is 0. The van der Waals surface area contributed by atoms with Crippen LogP contribution in [-0.2, 0) is 13.0 Å². The van der Waals surface area contributed by atoms with Crippen LogP contribution < -0.4 is 5.32 Å². The predicted molar refractivity (Wildman–Crippen MR) is 80.8 cm³/mol. The summed E-state index contributed by atoms with van der Waals surface area (Å²) < 4.78 is 3.27. The molecule has 104 valence electrons. The third-order valence-electron chi connectivity index (χ3n) is 2.92. The average Bonchev–Trinajstić information content (AvgIpc) is 2.61. The number of rotatable bonds is 8. The first-order valence-electron chi connectivity index (χ1n) is 6.95. The summed E-state index contributed by atoms with van der Waals surface area (Å²) >= 11 is 3.60. The topological polar surface area (TPSA) is 29.9 Å². The van der Waals surface area contributed by atoms with Crippen LogP contribution in [0.5, 0.6) is 0 Å². The van der Waals surface area contributed by atoms with Crippen molar-refractivity contribution < 1.29 is 0 Å². The number of aryl methyl sites for hydroxylation is 1. The maximum Gasteiger partial charge on any atom is 0.0635 e. The van der Waals surface area contributed by atoms with Gasteiger partial charge in [-0.2, -0.15) is 5.10 Å². The summed E-state index contributed by atoms with van der Waals surface area (Å²) in [4.78, 5) is 0. The number of nitrogens with zero attached hydrogens (tertiary/aromatic N) is 2. The Balaban J connectivity index is 2.47. The molecule has 0 aliphatic carbocycles. The highest BCUT2D eigenvalue weighted by molar-refractivity contribution is 9.10. The molecule has 3 nitrogen and oxygen atoms in total. The number of halogens is 1. The van der Waals surface area contributed by atoms with Crippen molar-refractivity contribution in [1.82, 2.24) is 15.1 Å². The minimum absolute atomic E-state index is 0.632. The van der Waals surface area contributed by atoms with Gasteiger partial charge in [0.05, 0.1) is 16.4 Å². The quantitative estimate of drug-likeness (QED) is 0.796. The molecule has 0 amide bonds. The summed E-state index contributed by atoms with van der Waals surface area (Å²) in [5.74, 6) is 1.35. The zero-order valence-electron chi connectivity index (χ0n) is 12.0. The lowest BCUT2D eigenvalue weighted by Gasteiger charge is -2.15. The van der Waals surface area contributed by atoms with Gasteiger partial charge >= 0.3 is 0 Å². The van der Waals surface area contributed by atoms with Gasteiger partial charge in [-0.15, -0.1) is 0 Å². The van der Waals surface area contributed by atoms with Crippen LogP contribution >= 0.6 is 15.9 Å². The second kappa shape index (κ2) is 7.95. The lowest BCUT2D eigenvalue weighted by atomic mass is 10.1. The normalized spacial score (nSPS) is 13.2. The average molecular weight is 316 g/mol. The number of aromatic nitrogens is 2. The molecule has 1 atom stereocenters. The molecule has 1 aromatic heterocycles. The maximum absolute atomic E-state index is 4.42. The van der Waals surface area contributed by atoms with Gasteiger partial charge in [-0.25, -0.2) is 0 Å². The molecule has 0 radical (unpaired) electrons. The Kier molecular flexibility index (Phi) is 6.94. The van der Waals surface area contributed by atoms with Crippen LogP contribution in [0.4, 0.5) is 0 Å². The molecular formula is C14H26BrN3. The first-order valence-corrected chi connectivity index (χ1v) is 7.74. The molecule has 0 spiro atoms. The maximum atomic E-state index is 4.42. The minimum Gasteiger partial charge on any atom is -0.316 e. The van der Waals surface area contributed by atoms with Crippen molar-refractivity contribution in [2.45, 2.75) is 47.1 Å². The van der Waals surface area contributed by atoms with Crippen LogP contribution in [0.1, 0.15) is 39.8 Å². The van der Waals surface area contributed by atoms with E-state index in [1.165, 1.54) is 5.69 Å². The summed E-state index contributed by atoms with van der Waals surface area (Å²) in [7, 11) is 0. The van der Waals surface area contributed by atoms with E-state index in [4.69, 9.17) is 0 Å². The van der Waals surface area contributed by atoms with Crippen LogP contribution in [0.15, 0.2) is 10.7 Å². The Labute approximate surface area is 119 Å². The zero-order valence-corrected chi connectivity index (χ0v) is 13.6. The standard InChI is InChI=1S/C14H26BrN3/c1-5-6-18-14(13(15)10-17-18)7-12(4)9-16-8-11(2)3/h10-12,16H,5-9H2,1-4H3. The molecule has 1 heterocycles. The van der Waals surface area contributed by atoms with Crippen molar-refractivity contribution in [3.05, 3.63) is 16.4 Å². The highest BCUT2D eigenvalue weighted by Gasteiger charge is 2.12. The Morgan fingerprint density at radius 3 is 2.67 bits per heavy atom. The molecule has 0 aliphatic rings. The van der Waals surface area contributed by atoms with E-state index < -0.39 is 0 Å². The van der Waals surface area contributed by atoms with E-state index in [0.717, 1.165) is 42.9 Å². The Morgan fingerprint density at radius 2 is 2.06 bits per heavy atom. The van der Waals surface area contributed by atoms with Crippen molar-refractivity contribution >= 4 is 15.9 Å². The number of nitrogens with one attached hydrogen (secondary N) is 1. The van der Waals surface area contributed by atoms with Crippen LogP contribution in [0, 0.1) is 11.8 Å². The van der Waals surface area contributed by atoms with Gasteiger partial charge in [-0.05, 0) is 53.7 Å². The van der Waals surface area contributed by atoms with Crippen molar-refractivity contribution in [3.8, 4) is 0 Å². The second-order valence-corrected chi connectivity index (χ2v) is 6.38. The largest absolute Gasteiger partial charge is 0.316 e. The molecule has 0 aromatic carbocycles. The van der Waals surface area contributed by atoms with Crippen molar-refractivity contribution in [2.75, 3.05) is 13.1 Å². The molecule has 0 saturated heterocycles. The van der Waals surface area contributed by atoms with E-state index in [9.17, 15) is 0 Å². The van der Waals surface area contributed by atoms with E-state index in [1.807, 2.05) is 6.20 Å². The van der Waals surface area contributed by atoms with Gasteiger partial charge in [-0.1, -0.05) is 27.7 Å². The lowest BCUT2D eigenvalue weighted by molar-refractivity contribution is 0.456. The Bertz CT molecular complexity index is 347. The SMILES string of the molecule is CCCn1ncc(Br)c1CC(C)CNCC(C)C. The minimum atomic E-state index is 0.632. The third kappa shape index (κ3) is 5.11. The molecular weight excluding hydrogens is 290 g/mol. The summed E-state index contributed by atoms with van der Waals surface area (Å²) in [5, 5.41) is 7.94. The van der Waals surface area contributed by atoms with Crippen molar-refractivity contribution in [2.24, 2.45) is 11.8 Å². The van der Waals surface area contributed by atoms with Crippen molar-refractivity contribution in [1.29, 1.82) is 0 Å². The first kappa shape index (κ1) is 15.7. The van der Waals surface area contributed by atoms with Crippen LogP contribution in [0.3, 0.4) is 0 Å². The van der Waals surface area contributed by atoms with E-state index >= 15 is 0 Å².